The summed E-state index contributed by atoms with van der Waals surface area (Å²) in [6, 6.07) is 8.78. The first-order valence-corrected chi connectivity index (χ1v) is 6.35. The summed E-state index contributed by atoms with van der Waals surface area (Å²) < 4.78 is 0. The fourth-order valence-electron chi connectivity index (χ4n) is 1.82. The molecule has 0 aromatic heterocycles. The lowest BCUT2D eigenvalue weighted by Crippen LogP contribution is -2.25. The number of rotatable bonds is 7. The van der Waals surface area contributed by atoms with Crippen molar-refractivity contribution in [2.45, 2.75) is 27.2 Å². The number of anilines is 1. The first kappa shape index (κ1) is 13.0. The van der Waals surface area contributed by atoms with Crippen LogP contribution in [0.1, 0.15) is 26.3 Å². The van der Waals surface area contributed by atoms with Gasteiger partial charge in [-0.1, -0.05) is 26.0 Å². The van der Waals surface area contributed by atoms with E-state index in [9.17, 15) is 0 Å². The van der Waals surface area contributed by atoms with Crippen LogP contribution in [0, 0.1) is 0 Å². The molecule has 0 radical (unpaired) electrons. The van der Waals surface area contributed by atoms with Crippen molar-refractivity contribution in [1.29, 1.82) is 0 Å². The molecule has 0 unspecified atom stereocenters. The van der Waals surface area contributed by atoms with Gasteiger partial charge in [0, 0.05) is 18.8 Å². The number of hydrogen-bond donors (Lipinski definition) is 1. The molecular formula is C14H24N2. The zero-order chi connectivity index (χ0) is 11.8. The van der Waals surface area contributed by atoms with Gasteiger partial charge < -0.3 is 10.2 Å². The van der Waals surface area contributed by atoms with Gasteiger partial charge in [-0.25, -0.2) is 0 Å². The predicted molar refractivity (Wildman–Crippen MR) is 72.1 cm³/mol. The maximum Gasteiger partial charge on any atom is 0.0340 e. The molecular weight excluding hydrogens is 196 g/mol. The van der Waals surface area contributed by atoms with Crippen LogP contribution in [-0.4, -0.2) is 31.1 Å². The Morgan fingerprint density at radius 1 is 1.00 bits per heavy atom. The second-order valence-electron chi connectivity index (χ2n) is 4.00. The van der Waals surface area contributed by atoms with Gasteiger partial charge in [-0.2, -0.15) is 0 Å². The van der Waals surface area contributed by atoms with Gasteiger partial charge in [0.05, 0.1) is 0 Å². The Hall–Kier alpha value is -1.02. The Bertz CT molecular complexity index is 275. The van der Waals surface area contributed by atoms with Crippen molar-refractivity contribution >= 4 is 5.69 Å². The van der Waals surface area contributed by atoms with E-state index in [1.54, 1.807) is 0 Å². The van der Waals surface area contributed by atoms with E-state index < -0.39 is 0 Å². The van der Waals surface area contributed by atoms with Gasteiger partial charge in [-0.3, -0.25) is 0 Å². The minimum Gasteiger partial charge on any atom is -0.385 e. The number of likely N-dealkylation sites (N-methyl/N-ethyl adjacent to an activating group) is 1. The van der Waals surface area contributed by atoms with E-state index in [0.29, 0.717) is 0 Å². The summed E-state index contributed by atoms with van der Waals surface area (Å²) in [7, 11) is 0. The van der Waals surface area contributed by atoms with Crippen molar-refractivity contribution in [3.05, 3.63) is 29.8 Å². The zero-order valence-corrected chi connectivity index (χ0v) is 10.8. The summed E-state index contributed by atoms with van der Waals surface area (Å²) in [6.07, 6.45) is 1.15. The highest BCUT2D eigenvalue weighted by Gasteiger charge is 1.99. The highest BCUT2D eigenvalue weighted by atomic mass is 15.1. The van der Waals surface area contributed by atoms with E-state index >= 15 is 0 Å². The van der Waals surface area contributed by atoms with Crippen molar-refractivity contribution in [3.63, 3.8) is 0 Å². The van der Waals surface area contributed by atoms with Crippen LogP contribution in [0.5, 0.6) is 0 Å². The molecule has 0 bridgehead atoms. The maximum absolute atomic E-state index is 3.31. The topological polar surface area (TPSA) is 15.3 Å². The summed E-state index contributed by atoms with van der Waals surface area (Å²) >= 11 is 0. The van der Waals surface area contributed by atoms with E-state index in [2.05, 4.69) is 55.3 Å². The van der Waals surface area contributed by atoms with Crippen LogP contribution in [-0.2, 0) is 6.42 Å². The molecule has 2 nitrogen and oxygen atoms in total. The fourth-order valence-corrected chi connectivity index (χ4v) is 1.82. The lowest BCUT2D eigenvalue weighted by Gasteiger charge is -2.17. The molecule has 0 aliphatic rings. The van der Waals surface area contributed by atoms with Gasteiger partial charge >= 0.3 is 0 Å². The zero-order valence-electron chi connectivity index (χ0n) is 10.8. The molecule has 90 valence electrons. The first-order valence-electron chi connectivity index (χ1n) is 6.35. The maximum atomic E-state index is 3.31. The van der Waals surface area contributed by atoms with Crippen LogP contribution < -0.4 is 5.32 Å². The monoisotopic (exact) mass is 220 g/mol. The smallest absolute Gasteiger partial charge is 0.0340 e. The van der Waals surface area contributed by atoms with Gasteiger partial charge in [-0.05, 0) is 44.1 Å². The Labute approximate surface area is 99.7 Å². The lowest BCUT2D eigenvalue weighted by molar-refractivity contribution is 0.308. The quantitative estimate of drug-likeness (QED) is 0.760. The third-order valence-corrected chi connectivity index (χ3v) is 2.95. The Kier molecular flexibility index (Phi) is 5.94. The molecule has 0 aliphatic carbocycles. The van der Waals surface area contributed by atoms with Gasteiger partial charge in [0.25, 0.3) is 0 Å². The van der Waals surface area contributed by atoms with Gasteiger partial charge in [0.2, 0.25) is 0 Å². The van der Waals surface area contributed by atoms with Gasteiger partial charge in [-0.15, -0.1) is 0 Å². The van der Waals surface area contributed by atoms with Crippen LogP contribution in [0.2, 0.25) is 0 Å². The lowest BCUT2D eigenvalue weighted by atomic mass is 10.1. The largest absolute Gasteiger partial charge is 0.385 e. The van der Waals surface area contributed by atoms with E-state index in [1.165, 1.54) is 11.3 Å². The molecule has 0 atom stereocenters. The average molecular weight is 220 g/mol. The van der Waals surface area contributed by atoms with E-state index in [4.69, 9.17) is 0 Å². The molecule has 16 heavy (non-hydrogen) atoms. The molecule has 0 saturated carbocycles. The average Bonchev–Trinajstić information content (AvgIpc) is 2.33. The molecule has 1 aromatic rings. The highest BCUT2D eigenvalue weighted by molar-refractivity contribution is 5.44. The summed E-state index contributed by atoms with van der Waals surface area (Å²) in [4.78, 5) is 2.46. The Morgan fingerprint density at radius 2 is 1.62 bits per heavy atom. The Balaban J connectivity index is 2.42. The third kappa shape index (κ3) is 4.23. The second kappa shape index (κ2) is 7.29. The van der Waals surface area contributed by atoms with Gasteiger partial charge in [0.15, 0.2) is 0 Å². The van der Waals surface area contributed by atoms with Gasteiger partial charge in [0.1, 0.15) is 0 Å². The standard InChI is InChI=1S/C14H24N2/c1-4-15-14-9-7-13(8-10-14)11-12-16(5-2)6-3/h7-10,15H,4-6,11-12H2,1-3H3. The van der Waals surface area contributed by atoms with Crippen molar-refractivity contribution in [1.82, 2.24) is 4.90 Å². The van der Waals surface area contributed by atoms with Crippen molar-refractivity contribution < 1.29 is 0 Å². The SMILES string of the molecule is CCNc1ccc(CCN(CC)CC)cc1. The molecule has 2 heteroatoms. The number of nitrogens with zero attached hydrogens (tertiary/aromatic N) is 1. The Morgan fingerprint density at radius 3 is 2.12 bits per heavy atom. The minimum absolute atomic E-state index is 0.985. The summed E-state index contributed by atoms with van der Waals surface area (Å²) in [6.45, 7) is 11.0. The van der Waals surface area contributed by atoms with E-state index in [-0.39, 0.29) is 0 Å². The molecule has 0 heterocycles. The second-order valence-corrected chi connectivity index (χ2v) is 4.00. The number of nitrogens with one attached hydrogen (secondary N) is 1. The van der Waals surface area contributed by atoms with Crippen molar-refractivity contribution in [3.8, 4) is 0 Å². The van der Waals surface area contributed by atoms with E-state index in [0.717, 1.165) is 32.6 Å². The van der Waals surface area contributed by atoms with Crippen LogP contribution in [0.3, 0.4) is 0 Å². The van der Waals surface area contributed by atoms with E-state index in [1.807, 2.05) is 0 Å². The van der Waals surface area contributed by atoms with Crippen molar-refractivity contribution in [2.75, 3.05) is 31.5 Å². The molecule has 0 fully saturated rings. The fraction of sp³-hybridized carbons (Fsp3) is 0.571. The number of hydrogen-bond acceptors (Lipinski definition) is 2. The molecule has 1 N–H and O–H groups in total. The van der Waals surface area contributed by atoms with Crippen LogP contribution in [0.15, 0.2) is 24.3 Å². The van der Waals surface area contributed by atoms with Crippen LogP contribution in [0.25, 0.3) is 0 Å². The first-order chi connectivity index (χ1) is 7.80. The van der Waals surface area contributed by atoms with Crippen LogP contribution >= 0.6 is 0 Å². The normalized spacial score (nSPS) is 10.8. The summed E-state index contributed by atoms with van der Waals surface area (Å²) in [5.41, 5.74) is 2.64. The molecule has 0 amide bonds. The summed E-state index contributed by atoms with van der Waals surface area (Å²) in [5, 5.41) is 3.31. The predicted octanol–water partition coefficient (Wildman–Crippen LogP) is 3.00. The number of benzene rings is 1. The molecule has 0 aliphatic heterocycles. The molecule has 0 spiro atoms. The molecule has 1 aromatic carbocycles. The minimum atomic E-state index is 0.985. The summed E-state index contributed by atoms with van der Waals surface area (Å²) in [5.74, 6) is 0. The van der Waals surface area contributed by atoms with Crippen molar-refractivity contribution in [2.24, 2.45) is 0 Å². The third-order valence-electron chi connectivity index (χ3n) is 2.95. The van der Waals surface area contributed by atoms with Crippen LogP contribution in [0.4, 0.5) is 5.69 Å². The molecule has 0 saturated heterocycles. The highest BCUT2D eigenvalue weighted by Crippen LogP contribution is 2.10. The molecule has 1 rings (SSSR count).